The highest BCUT2D eigenvalue weighted by atomic mass is 79.9. The summed E-state index contributed by atoms with van der Waals surface area (Å²) in [6.45, 7) is 1.46. The van der Waals surface area contributed by atoms with Gasteiger partial charge in [0.2, 0.25) is 0 Å². The van der Waals surface area contributed by atoms with Crippen LogP contribution in [0.4, 0.5) is 0 Å². The summed E-state index contributed by atoms with van der Waals surface area (Å²) in [5, 5.41) is -0.610. The maximum Gasteiger partial charge on any atom is 0.152 e. The molecule has 0 radical (unpaired) electrons. The number of hydrogen-bond donors (Lipinski definition) is 0. The molecule has 0 fully saturated rings. The van der Waals surface area contributed by atoms with Crippen LogP contribution in [0.1, 0.15) is 17.9 Å². The van der Waals surface area contributed by atoms with E-state index in [1.165, 1.54) is 6.92 Å². The van der Waals surface area contributed by atoms with E-state index < -0.39 is 5.38 Å². The first-order chi connectivity index (χ1) is 6.54. The Kier molecular flexibility index (Phi) is 3.96. The van der Waals surface area contributed by atoms with Crippen molar-refractivity contribution in [1.82, 2.24) is 0 Å². The van der Waals surface area contributed by atoms with E-state index >= 15 is 0 Å². The number of rotatable bonds is 3. The third-order valence-electron chi connectivity index (χ3n) is 1.78. The summed E-state index contributed by atoms with van der Waals surface area (Å²) in [5.41, 5.74) is 0.741. The second kappa shape index (κ2) is 4.80. The molecule has 0 aromatic heterocycles. The summed E-state index contributed by atoms with van der Waals surface area (Å²) in [7, 11) is 1.57. The van der Waals surface area contributed by atoms with E-state index in [1.54, 1.807) is 13.2 Å². The minimum Gasteiger partial charge on any atom is -0.497 e. The van der Waals surface area contributed by atoms with Crippen LogP contribution in [0.15, 0.2) is 22.7 Å². The molecule has 0 amide bonds. The van der Waals surface area contributed by atoms with E-state index in [4.69, 9.17) is 16.3 Å². The Bertz CT molecular complexity index is 352. The van der Waals surface area contributed by atoms with Crippen molar-refractivity contribution in [3.63, 3.8) is 0 Å². The lowest BCUT2D eigenvalue weighted by atomic mass is 10.1. The van der Waals surface area contributed by atoms with Gasteiger partial charge in [-0.15, -0.1) is 11.6 Å². The van der Waals surface area contributed by atoms with E-state index in [0.717, 1.165) is 10.0 Å². The first-order valence-electron chi connectivity index (χ1n) is 4.03. The Morgan fingerprint density at radius 1 is 1.50 bits per heavy atom. The summed E-state index contributed by atoms with van der Waals surface area (Å²) in [6.07, 6.45) is 0. The second-order valence-corrected chi connectivity index (χ2v) is 4.25. The highest BCUT2D eigenvalue weighted by molar-refractivity contribution is 9.10. The molecule has 0 aliphatic heterocycles. The summed E-state index contributed by atoms with van der Waals surface area (Å²) in [6, 6.07) is 5.37. The van der Waals surface area contributed by atoms with Crippen molar-refractivity contribution in [2.75, 3.05) is 7.11 Å². The van der Waals surface area contributed by atoms with Crippen molar-refractivity contribution in [3.05, 3.63) is 28.2 Å². The zero-order chi connectivity index (χ0) is 10.7. The van der Waals surface area contributed by atoms with Crippen LogP contribution in [-0.2, 0) is 4.79 Å². The summed E-state index contributed by atoms with van der Waals surface area (Å²) in [4.78, 5) is 11.1. The SMILES string of the molecule is COc1cc(Br)cc(C(Cl)C(C)=O)c1. The number of benzene rings is 1. The lowest BCUT2D eigenvalue weighted by molar-refractivity contribution is -0.116. The normalized spacial score (nSPS) is 12.3. The Hall–Kier alpha value is -0.540. The molecule has 1 rings (SSSR count). The van der Waals surface area contributed by atoms with Gasteiger partial charge in [0.25, 0.3) is 0 Å². The van der Waals surface area contributed by atoms with Gasteiger partial charge in [0.05, 0.1) is 7.11 Å². The van der Waals surface area contributed by atoms with E-state index in [-0.39, 0.29) is 5.78 Å². The van der Waals surface area contributed by atoms with Gasteiger partial charge in [0.15, 0.2) is 5.78 Å². The molecular formula is C10H10BrClO2. The van der Waals surface area contributed by atoms with Crippen LogP contribution in [0.5, 0.6) is 5.75 Å². The van der Waals surface area contributed by atoms with Crippen molar-refractivity contribution >= 4 is 33.3 Å². The molecule has 76 valence electrons. The molecule has 4 heteroatoms. The molecular weight excluding hydrogens is 267 g/mol. The summed E-state index contributed by atoms with van der Waals surface area (Å²) >= 11 is 9.24. The van der Waals surface area contributed by atoms with Gasteiger partial charge < -0.3 is 4.74 Å². The lowest BCUT2D eigenvalue weighted by Gasteiger charge is -2.08. The third kappa shape index (κ3) is 2.72. The van der Waals surface area contributed by atoms with E-state index in [0.29, 0.717) is 5.75 Å². The zero-order valence-electron chi connectivity index (χ0n) is 7.88. The Labute approximate surface area is 96.3 Å². The minimum absolute atomic E-state index is 0.0770. The topological polar surface area (TPSA) is 26.3 Å². The highest BCUT2D eigenvalue weighted by Crippen LogP contribution is 2.28. The van der Waals surface area contributed by atoms with Crippen LogP contribution in [-0.4, -0.2) is 12.9 Å². The van der Waals surface area contributed by atoms with Crippen molar-refractivity contribution < 1.29 is 9.53 Å². The smallest absolute Gasteiger partial charge is 0.152 e. The average molecular weight is 278 g/mol. The molecule has 0 saturated carbocycles. The number of halogens is 2. The number of alkyl halides is 1. The first kappa shape index (κ1) is 11.5. The zero-order valence-corrected chi connectivity index (χ0v) is 10.2. The largest absolute Gasteiger partial charge is 0.497 e. The van der Waals surface area contributed by atoms with Crippen molar-refractivity contribution in [2.24, 2.45) is 0 Å². The van der Waals surface area contributed by atoms with Crippen LogP contribution in [0.2, 0.25) is 0 Å². The molecule has 2 nitrogen and oxygen atoms in total. The molecule has 14 heavy (non-hydrogen) atoms. The molecule has 1 atom stereocenters. The molecule has 0 saturated heterocycles. The van der Waals surface area contributed by atoms with Crippen molar-refractivity contribution in [2.45, 2.75) is 12.3 Å². The van der Waals surface area contributed by atoms with Crippen LogP contribution < -0.4 is 4.74 Å². The van der Waals surface area contributed by atoms with Gasteiger partial charge in [-0.1, -0.05) is 15.9 Å². The van der Waals surface area contributed by atoms with Gasteiger partial charge in [-0.05, 0) is 30.7 Å². The molecule has 0 heterocycles. The maximum absolute atomic E-state index is 11.1. The lowest BCUT2D eigenvalue weighted by Crippen LogP contribution is -2.01. The molecule has 0 N–H and O–H groups in total. The predicted octanol–water partition coefficient (Wildman–Crippen LogP) is 3.33. The van der Waals surface area contributed by atoms with Gasteiger partial charge in [0.1, 0.15) is 11.1 Å². The van der Waals surface area contributed by atoms with Gasteiger partial charge in [-0.25, -0.2) is 0 Å². The Balaban J connectivity index is 3.08. The molecule has 0 aliphatic rings. The fourth-order valence-electron chi connectivity index (χ4n) is 1.08. The second-order valence-electron chi connectivity index (χ2n) is 2.90. The number of methoxy groups -OCH3 is 1. The molecule has 0 bridgehead atoms. The molecule has 1 unspecified atom stereocenters. The maximum atomic E-state index is 11.1. The van der Waals surface area contributed by atoms with Crippen LogP contribution in [0.25, 0.3) is 0 Å². The van der Waals surface area contributed by atoms with E-state index in [1.807, 2.05) is 12.1 Å². The van der Waals surface area contributed by atoms with Gasteiger partial charge >= 0.3 is 0 Å². The van der Waals surface area contributed by atoms with Crippen LogP contribution in [0, 0.1) is 0 Å². The predicted molar refractivity (Wildman–Crippen MR) is 60.0 cm³/mol. The number of ketones is 1. The molecule has 0 aliphatic carbocycles. The minimum atomic E-state index is -0.610. The fraction of sp³-hybridized carbons (Fsp3) is 0.300. The van der Waals surface area contributed by atoms with Gasteiger partial charge in [0, 0.05) is 4.47 Å². The summed E-state index contributed by atoms with van der Waals surface area (Å²) in [5.74, 6) is 0.605. The number of hydrogen-bond acceptors (Lipinski definition) is 2. The third-order valence-corrected chi connectivity index (χ3v) is 2.80. The average Bonchev–Trinajstić information content (AvgIpc) is 2.15. The standard InChI is InChI=1S/C10H10BrClO2/c1-6(13)10(12)7-3-8(11)5-9(4-7)14-2/h3-5,10H,1-2H3. The number of Topliss-reactive ketones (excluding diaryl/α,β-unsaturated/α-hetero) is 1. The summed E-state index contributed by atoms with van der Waals surface area (Å²) < 4.78 is 5.91. The molecule has 1 aromatic carbocycles. The quantitative estimate of drug-likeness (QED) is 0.792. The number of ether oxygens (including phenoxy) is 1. The van der Waals surface area contributed by atoms with Crippen LogP contribution >= 0.6 is 27.5 Å². The van der Waals surface area contributed by atoms with E-state index in [2.05, 4.69) is 15.9 Å². The Morgan fingerprint density at radius 2 is 2.14 bits per heavy atom. The highest BCUT2D eigenvalue weighted by Gasteiger charge is 2.14. The first-order valence-corrected chi connectivity index (χ1v) is 5.26. The van der Waals surface area contributed by atoms with Crippen LogP contribution in [0.3, 0.4) is 0 Å². The van der Waals surface area contributed by atoms with Crippen molar-refractivity contribution in [3.8, 4) is 5.75 Å². The van der Waals surface area contributed by atoms with Gasteiger partial charge in [-0.2, -0.15) is 0 Å². The Morgan fingerprint density at radius 3 is 2.64 bits per heavy atom. The number of carbonyl (C=O) groups is 1. The fourth-order valence-corrected chi connectivity index (χ4v) is 1.70. The van der Waals surface area contributed by atoms with Gasteiger partial charge in [-0.3, -0.25) is 4.79 Å². The van der Waals surface area contributed by atoms with E-state index in [9.17, 15) is 4.79 Å². The molecule has 1 aromatic rings. The van der Waals surface area contributed by atoms with Crippen molar-refractivity contribution in [1.29, 1.82) is 0 Å². The molecule has 0 spiro atoms. The monoisotopic (exact) mass is 276 g/mol. The number of carbonyl (C=O) groups excluding carboxylic acids is 1.